The lowest BCUT2D eigenvalue weighted by molar-refractivity contribution is -0.0161. The number of ether oxygens (including phenoxy) is 1. The van der Waals surface area contributed by atoms with E-state index in [9.17, 15) is 9.50 Å². The normalized spacial score (nSPS) is 21.9. The molecule has 0 aliphatic carbocycles. The molecular weight excluding hydrogens is 322 g/mol. The Kier molecular flexibility index (Phi) is 5.01. The standard InChI is InChI=1S/C13H15BrClFO2/c14-10-5-4-9(13(16)12(10)15)11(17)7-8-3-1-2-6-18-8/h4-5,8,11,17H,1-3,6-7H2. The predicted octanol–water partition coefficient (Wildman–Crippen LogP) is 4.23. The van der Waals surface area contributed by atoms with Gasteiger partial charge >= 0.3 is 0 Å². The Morgan fingerprint density at radius 3 is 2.94 bits per heavy atom. The van der Waals surface area contributed by atoms with Crippen molar-refractivity contribution in [3.63, 3.8) is 0 Å². The van der Waals surface area contributed by atoms with Crippen LogP contribution in [0.1, 0.15) is 37.4 Å². The lowest BCUT2D eigenvalue weighted by Gasteiger charge is -2.25. The van der Waals surface area contributed by atoms with E-state index in [1.807, 2.05) is 0 Å². The number of aliphatic hydroxyl groups is 1. The maximum atomic E-state index is 13.9. The van der Waals surface area contributed by atoms with Crippen LogP contribution in [0.25, 0.3) is 0 Å². The van der Waals surface area contributed by atoms with Crippen molar-refractivity contribution in [2.45, 2.75) is 37.9 Å². The molecule has 2 atom stereocenters. The fraction of sp³-hybridized carbons (Fsp3) is 0.538. The summed E-state index contributed by atoms with van der Waals surface area (Å²) in [6.45, 7) is 0.723. The van der Waals surface area contributed by atoms with E-state index in [2.05, 4.69) is 15.9 Å². The minimum Gasteiger partial charge on any atom is -0.388 e. The molecule has 100 valence electrons. The van der Waals surface area contributed by atoms with E-state index in [0.717, 1.165) is 25.9 Å². The Bertz CT molecular complexity index is 422. The SMILES string of the molecule is OC(CC1CCCCO1)c1ccc(Br)c(Cl)c1F. The summed E-state index contributed by atoms with van der Waals surface area (Å²) in [6.07, 6.45) is 2.62. The van der Waals surface area contributed by atoms with Crippen LogP contribution in [0.5, 0.6) is 0 Å². The number of benzene rings is 1. The maximum Gasteiger partial charge on any atom is 0.148 e. The quantitative estimate of drug-likeness (QED) is 0.836. The van der Waals surface area contributed by atoms with Crippen LogP contribution in [-0.2, 0) is 4.74 Å². The first-order valence-electron chi connectivity index (χ1n) is 6.02. The number of hydrogen-bond donors (Lipinski definition) is 1. The summed E-state index contributed by atoms with van der Waals surface area (Å²) < 4.78 is 19.9. The molecule has 1 aliphatic rings. The number of halogens is 3. The Hall–Kier alpha value is -0.160. The van der Waals surface area contributed by atoms with Crippen molar-refractivity contribution in [3.05, 3.63) is 33.0 Å². The van der Waals surface area contributed by atoms with Crippen LogP contribution in [0.4, 0.5) is 4.39 Å². The van der Waals surface area contributed by atoms with Crippen LogP contribution in [0.2, 0.25) is 5.02 Å². The molecule has 0 aromatic heterocycles. The first-order valence-corrected chi connectivity index (χ1v) is 7.19. The Labute approximate surface area is 119 Å². The van der Waals surface area contributed by atoms with Gasteiger partial charge in [-0.25, -0.2) is 4.39 Å². The Morgan fingerprint density at radius 2 is 2.28 bits per heavy atom. The summed E-state index contributed by atoms with van der Waals surface area (Å²) in [5.41, 5.74) is 0.234. The second-order valence-electron chi connectivity index (χ2n) is 4.50. The zero-order valence-corrected chi connectivity index (χ0v) is 12.2. The zero-order valence-electron chi connectivity index (χ0n) is 9.83. The van der Waals surface area contributed by atoms with Gasteiger partial charge in [0.2, 0.25) is 0 Å². The van der Waals surface area contributed by atoms with E-state index >= 15 is 0 Å². The van der Waals surface area contributed by atoms with Crippen LogP contribution in [-0.4, -0.2) is 17.8 Å². The predicted molar refractivity (Wildman–Crippen MR) is 72.3 cm³/mol. The van der Waals surface area contributed by atoms with E-state index in [-0.39, 0.29) is 16.7 Å². The highest BCUT2D eigenvalue weighted by Gasteiger charge is 2.22. The summed E-state index contributed by atoms with van der Waals surface area (Å²) in [5, 5.41) is 10.1. The van der Waals surface area contributed by atoms with E-state index in [4.69, 9.17) is 16.3 Å². The molecule has 0 bridgehead atoms. The van der Waals surface area contributed by atoms with Crippen LogP contribution < -0.4 is 0 Å². The number of aliphatic hydroxyl groups excluding tert-OH is 1. The van der Waals surface area contributed by atoms with Gasteiger partial charge in [0.25, 0.3) is 0 Å². The molecule has 5 heteroatoms. The molecule has 0 radical (unpaired) electrons. The first-order chi connectivity index (χ1) is 8.59. The van der Waals surface area contributed by atoms with Crippen molar-refractivity contribution < 1.29 is 14.2 Å². The molecule has 1 aromatic carbocycles. The maximum absolute atomic E-state index is 13.9. The van der Waals surface area contributed by atoms with E-state index in [1.54, 1.807) is 12.1 Å². The molecule has 1 heterocycles. The number of rotatable bonds is 3. The van der Waals surface area contributed by atoms with Crippen molar-refractivity contribution in [2.75, 3.05) is 6.61 Å². The summed E-state index contributed by atoms with van der Waals surface area (Å²) >= 11 is 8.95. The van der Waals surface area contributed by atoms with Crippen LogP contribution in [0, 0.1) is 5.82 Å². The van der Waals surface area contributed by atoms with Crippen LogP contribution in [0.15, 0.2) is 16.6 Å². The smallest absolute Gasteiger partial charge is 0.148 e. The van der Waals surface area contributed by atoms with Crippen molar-refractivity contribution >= 4 is 27.5 Å². The van der Waals surface area contributed by atoms with Gasteiger partial charge in [-0.2, -0.15) is 0 Å². The minimum atomic E-state index is -0.876. The van der Waals surface area contributed by atoms with Gasteiger partial charge in [-0.05, 0) is 41.3 Å². The van der Waals surface area contributed by atoms with Crippen LogP contribution in [0.3, 0.4) is 0 Å². The lowest BCUT2D eigenvalue weighted by Crippen LogP contribution is -2.22. The molecule has 2 unspecified atom stereocenters. The Morgan fingerprint density at radius 1 is 1.50 bits per heavy atom. The minimum absolute atomic E-state index is 0.00979. The van der Waals surface area contributed by atoms with Crippen molar-refractivity contribution in [2.24, 2.45) is 0 Å². The molecule has 0 amide bonds. The highest BCUT2D eigenvalue weighted by Crippen LogP contribution is 2.33. The molecule has 1 saturated heterocycles. The molecule has 2 nitrogen and oxygen atoms in total. The highest BCUT2D eigenvalue weighted by atomic mass is 79.9. The second kappa shape index (κ2) is 6.33. The summed E-state index contributed by atoms with van der Waals surface area (Å²) in [7, 11) is 0. The third-order valence-corrected chi connectivity index (χ3v) is 4.44. The molecule has 0 spiro atoms. The van der Waals surface area contributed by atoms with Crippen molar-refractivity contribution in [1.29, 1.82) is 0 Å². The van der Waals surface area contributed by atoms with E-state index in [0.29, 0.717) is 10.9 Å². The van der Waals surface area contributed by atoms with Crippen molar-refractivity contribution in [1.82, 2.24) is 0 Å². The highest BCUT2D eigenvalue weighted by molar-refractivity contribution is 9.10. The molecule has 1 N–H and O–H groups in total. The fourth-order valence-corrected chi connectivity index (χ4v) is 2.65. The third kappa shape index (κ3) is 3.23. The molecular formula is C13H15BrClFO2. The lowest BCUT2D eigenvalue weighted by atomic mass is 9.98. The average molecular weight is 338 g/mol. The average Bonchev–Trinajstić information content (AvgIpc) is 2.37. The first kappa shape index (κ1) is 14.3. The molecule has 18 heavy (non-hydrogen) atoms. The van der Waals surface area contributed by atoms with Gasteiger partial charge < -0.3 is 9.84 Å². The van der Waals surface area contributed by atoms with Crippen LogP contribution >= 0.6 is 27.5 Å². The van der Waals surface area contributed by atoms with Gasteiger partial charge in [0.15, 0.2) is 0 Å². The summed E-state index contributed by atoms with van der Waals surface area (Å²) in [4.78, 5) is 0. The largest absolute Gasteiger partial charge is 0.388 e. The molecule has 0 saturated carbocycles. The molecule has 2 rings (SSSR count). The topological polar surface area (TPSA) is 29.5 Å². The summed E-state index contributed by atoms with van der Waals surface area (Å²) in [6, 6.07) is 3.20. The molecule has 1 aliphatic heterocycles. The Balaban J connectivity index is 2.08. The van der Waals surface area contributed by atoms with E-state index in [1.165, 1.54) is 0 Å². The van der Waals surface area contributed by atoms with Crippen molar-refractivity contribution in [3.8, 4) is 0 Å². The second-order valence-corrected chi connectivity index (χ2v) is 5.74. The van der Waals surface area contributed by atoms with Gasteiger partial charge in [0, 0.05) is 23.1 Å². The zero-order chi connectivity index (χ0) is 13.1. The van der Waals surface area contributed by atoms with Gasteiger partial charge in [0.05, 0.1) is 17.2 Å². The monoisotopic (exact) mass is 336 g/mol. The van der Waals surface area contributed by atoms with Gasteiger partial charge in [-0.3, -0.25) is 0 Å². The molecule has 1 fully saturated rings. The number of hydrogen-bond acceptors (Lipinski definition) is 2. The molecule has 1 aromatic rings. The van der Waals surface area contributed by atoms with Gasteiger partial charge in [0.1, 0.15) is 5.82 Å². The summed E-state index contributed by atoms with van der Waals surface area (Å²) in [5.74, 6) is -0.561. The van der Waals surface area contributed by atoms with E-state index < -0.39 is 11.9 Å². The van der Waals surface area contributed by atoms with Gasteiger partial charge in [-0.1, -0.05) is 17.7 Å². The van der Waals surface area contributed by atoms with Gasteiger partial charge in [-0.15, -0.1) is 0 Å². The fourth-order valence-electron chi connectivity index (χ4n) is 2.17. The third-order valence-electron chi connectivity index (χ3n) is 3.18.